The highest BCUT2D eigenvalue weighted by atomic mass is 32.2. The first-order valence-corrected chi connectivity index (χ1v) is 12.0. The Hall–Kier alpha value is -3.42. The van der Waals surface area contributed by atoms with Gasteiger partial charge < -0.3 is 10.3 Å². The number of benzene rings is 3. The molecule has 0 aliphatic carbocycles. The molecule has 1 aliphatic rings. The first kappa shape index (κ1) is 20.5. The van der Waals surface area contributed by atoms with Crippen molar-refractivity contribution < 1.29 is 13.2 Å². The van der Waals surface area contributed by atoms with Gasteiger partial charge in [-0.1, -0.05) is 48.5 Å². The van der Waals surface area contributed by atoms with Crippen LogP contribution in [0.4, 0.5) is 5.69 Å². The van der Waals surface area contributed by atoms with E-state index in [1.165, 1.54) is 6.07 Å². The molecule has 7 heteroatoms. The summed E-state index contributed by atoms with van der Waals surface area (Å²) in [5.41, 5.74) is 4.61. The molecule has 1 atom stereocenters. The zero-order valence-electron chi connectivity index (χ0n) is 17.3. The van der Waals surface area contributed by atoms with E-state index in [1.54, 1.807) is 12.1 Å². The minimum atomic E-state index is -3.73. The predicted molar refractivity (Wildman–Crippen MR) is 125 cm³/mol. The highest BCUT2D eigenvalue weighted by Crippen LogP contribution is 2.31. The van der Waals surface area contributed by atoms with Gasteiger partial charge in [0.2, 0.25) is 15.9 Å². The summed E-state index contributed by atoms with van der Waals surface area (Å²) in [6.07, 6.45) is 2.85. The van der Waals surface area contributed by atoms with Gasteiger partial charge in [-0.05, 0) is 47.4 Å². The molecule has 0 radical (unpaired) electrons. The number of rotatable bonds is 6. The number of para-hydroxylation sites is 1. The van der Waals surface area contributed by atoms with Crippen molar-refractivity contribution in [1.29, 1.82) is 0 Å². The van der Waals surface area contributed by atoms with E-state index in [4.69, 9.17) is 0 Å². The molecule has 32 heavy (non-hydrogen) atoms. The number of hydrogen-bond acceptors (Lipinski definition) is 3. The van der Waals surface area contributed by atoms with E-state index in [2.05, 4.69) is 15.0 Å². The zero-order chi connectivity index (χ0) is 22.1. The minimum absolute atomic E-state index is 0.0457. The van der Waals surface area contributed by atoms with Crippen LogP contribution in [0.25, 0.3) is 10.9 Å². The number of sulfonamides is 1. The second-order valence-corrected chi connectivity index (χ2v) is 9.74. The molecule has 0 saturated heterocycles. The molecule has 0 bridgehead atoms. The number of H-pyrrole nitrogens is 1. The molecule has 0 spiro atoms. The van der Waals surface area contributed by atoms with E-state index in [0.29, 0.717) is 18.5 Å². The third-order valence-corrected chi connectivity index (χ3v) is 7.38. The number of aryl methyl sites for hydroxylation is 1. The summed E-state index contributed by atoms with van der Waals surface area (Å²) in [6.45, 7) is 0.224. The van der Waals surface area contributed by atoms with Crippen molar-refractivity contribution >= 4 is 32.5 Å². The van der Waals surface area contributed by atoms with E-state index in [0.717, 1.165) is 27.6 Å². The van der Waals surface area contributed by atoms with Gasteiger partial charge in [-0.25, -0.2) is 13.1 Å². The lowest BCUT2D eigenvalue weighted by molar-refractivity contribution is -0.116. The Bertz CT molecular complexity index is 1390. The number of aromatic nitrogens is 1. The summed E-state index contributed by atoms with van der Waals surface area (Å²) in [6, 6.07) is 22.8. The molecule has 2 heterocycles. The molecule has 4 aromatic rings. The van der Waals surface area contributed by atoms with Crippen LogP contribution >= 0.6 is 0 Å². The average molecular weight is 446 g/mol. The topological polar surface area (TPSA) is 91.1 Å². The van der Waals surface area contributed by atoms with Gasteiger partial charge in [-0.15, -0.1) is 0 Å². The number of amides is 1. The maximum atomic E-state index is 13.1. The Balaban J connectivity index is 1.45. The molecule has 6 nitrogen and oxygen atoms in total. The fourth-order valence-electron chi connectivity index (χ4n) is 4.28. The molecule has 0 saturated carbocycles. The fourth-order valence-corrected chi connectivity index (χ4v) is 5.38. The number of carbonyl (C=O) groups is 1. The Kier molecular flexibility index (Phi) is 5.28. The molecule has 3 aromatic carbocycles. The van der Waals surface area contributed by atoms with Gasteiger partial charge in [0.25, 0.3) is 0 Å². The van der Waals surface area contributed by atoms with Crippen LogP contribution in [0, 0.1) is 0 Å². The van der Waals surface area contributed by atoms with Crippen molar-refractivity contribution in [2.75, 3.05) is 11.9 Å². The Labute approximate surface area is 186 Å². The van der Waals surface area contributed by atoms with E-state index in [9.17, 15) is 13.2 Å². The molecule has 162 valence electrons. The van der Waals surface area contributed by atoms with E-state index in [-0.39, 0.29) is 23.3 Å². The molecule has 1 aliphatic heterocycles. The monoisotopic (exact) mass is 445 g/mol. The Morgan fingerprint density at radius 2 is 1.72 bits per heavy atom. The van der Waals surface area contributed by atoms with Crippen LogP contribution in [0.15, 0.2) is 83.9 Å². The number of aromatic amines is 1. The summed E-state index contributed by atoms with van der Waals surface area (Å²) < 4.78 is 29.1. The molecular formula is C25H23N3O3S. The smallest absolute Gasteiger partial charge is 0.240 e. The van der Waals surface area contributed by atoms with Gasteiger partial charge in [0.1, 0.15) is 0 Å². The number of anilines is 1. The predicted octanol–water partition coefficient (Wildman–Crippen LogP) is 4.16. The van der Waals surface area contributed by atoms with Crippen LogP contribution in [-0.2, 0) is 21.2 Å². The summed E-state index contributed by atoms with van der Waals surface area (Å²) >= 11 is 0. The van der Waals surface area contributed by atoms with Crippen LogP contribution in [-0.4, -0.2) is 25.9 Å². The van der Waals surface area contributed by atoms with Gasteiger partial charge >= 0.3 is 0 Å². The normalized spacial score (nSPS) is 14.7. The molecule has 1 unspecified atom stereocenters. The van der Waals surface area contributed by atoms with Crippen LogP contribution in [0.1, 0.15) is 29.0 Å². The standard InChI is InChI=1S/C25H23N3O3S/c29-25-13-10-18-14-19(11-12-23(18)28-25)32(30,31)27-16-21(17-6-2-1-3-7-17)22-15-26-24-9-5-4-8-20(22)24/h1-9,11-12,14-15,21,26-27H,10,13,16H2,(H,28,29). The van der Waals surface area contributed by atoms with Crippen molar-refractivity contribution in [2.24, 2.45) is 0 Å². The molecule has 0 fully saturated rings. The van der Waals surface area contributed by atoms with Crippen molar-refractivity contribution in [3.63, 3.8) is 0 Å². The Morgan fingerprint density at radius 1 is 0.938 bits per heavy atom. The lowest BCUT2D eigenvalue weighted by Crippen LogP contribution is -2.29. The van der Waals surface area contributed by atoms with E-state index < -0.39 is 10.0 Å². The van der Waals surface area contributed by atoms with Gasteiger partial charge in [0.05, 0.1) is 4.90 Å². The largest absolute Gasteiger partial charge is 0.361 e. The van der Waals surface area contributed by atoms with Gasteiger partial charge in [0.15, 0.2) is 0 Å². The lowest BCUT2D eigenvalue weighted by Gasteiger charge is -2.20. The van der Waals surface area contributed by atoms with Crippen molar-refractivity contribution in [3.05, 3.63) is 95.7 Å². The zero-order valence-corrected chi connectivity index (χ0v) is 18.2. The number of nitrogens with one attached hydrogen (secondary N) is 3. The highest BCUT2D eigenvalue weighted by molar-refractivity contribution is 7.89. The van der Waals surface area contributed by atoms with Gasteiger partial charge in [0, 0.05) is 41.7 Å². The van der Waals surface area contributed by atoms with Gasteiger partial charge in [-0.2, -0.15) is 0 Å². The van der Waals surface area contributed by atoms with Crippen molar-refractivity contribution in [1.82, 2.24) is 9.71 Å². The van der Waals surface area contributed by atoms with Crippen molar-refractivity contribution in [2.45, 2.75) is 23.7 Å². The SMILES string of the molecule is O=C1CCc2cc(S(=O)(=O)NCC(c3ccccc3)c3c[nH]c4ccccc34)ccc2N1. The Morgan fingerprint density at radius 3 is 2.56 bits per heavy atom. The maximum Gasteiger partial charge on any atom is 0.240 e. The molecule has 1 aromatic heterocycles. The van der Waals surface area contributed by atoms with Crippen molar-refractivity contribution in [3.8, 4) is 0 Å². The molecular weight excluding hydrogens is 422 g/mol. The number of fused-ring (bicyclic) bond motifs is 2. The quantitative estimate of drug-likeness (QED) is 0.416. The molecule has 3 N–H and O–H groups in total. The first-order valence-electron chi connectivity index (χ1n) is 10.5. The maximum absolute atomic E-state index is 13.1. The summed E-state index contributed by atoms with van der Waals surface area (Å²) in [5, 5.41) is 3.86. The van der Waals surface area contributed by atoms with Crippen LogP contribution in [0.3, 0.4) is 0 Å². The highest BCUT2D eigenvalue weighted by Gasteiger charge is 2.23. The molecule has 5 rings (SSSR count). The lowest BCUT2D eigenvalue weighted by atomic mass is 9.91. The van der Waals surface area contributed by atoms with Crippen LogP contribution in [0.2, 0.25) is 0 Å². The summed E-state index contributed by atoms with van der Waals surface area (Å²) in [4.78, 5) is 15.1. The van der Waals surface area contributed by atoms with Gasteiger partial charge in [-0.3, -0.25) is 4.79 Å². The second-order valence-electron chi connectivity index (χ2n) is 7.97. The second kappa shape index (κ2) is 8.26. The fraction of sp³-hybridized carbons (Fsp3) is 0.160. The first-order chi connectivity index (χ1) is 15.5. The third kappa shape index (κ3) is 3.92. The average Bonchev–Trinajstić information content (AvgIpc) is 3.23. The van der Waals surface area contributed by atoms with E-state index >= 15 is 0 Å². The van der Waals surface area contributed by atoms with E-state index in [1.807, 2.05) is 60.8 Å². The third-order valence-electron chi connectivity index (χ3n) is 5.96. The minimum Gasteiger partial charge on any atom is -0.361 e. The van der Waals surface area contributed by atoms with Crippen LogP contribution < -0.4 is 10.0 Å². The summed E-state index contributed by atoms with van der Waals surface area (Å²) in [5.74, 6) is -0.199. The van der Waals surface area contributed by atoms with Crippen LogP contribution in [0.5, 0.6) is 0 Å². The summed E-state index contributed by atoms with van der Waals surface area (Å²) in [7, 11) is -3.73. The number of hydrogen-bond donors (Lipinski definition) is 3. The molecule has 1 amide bonds. The number of carbonyl (C=O) groups excluding carboxylic acids is 1.